The number of azo groups is 1. The van der Waals surface area contributed by atoms with Crippen molar-refractivity contribution in [3.05, 3.63) is 48.0 Å². The number of carboxylic acid groups (broad SMARTS) is 1. The van der Waals surface area contributed by atoms with Crippen molar-refractivity contribution < 1.29 is 40.8 Å². The number of rotatable bonds is 7. The van der Waals surface area contributed by atoms with Gasteiger partial charge in [-0.2, -0.15) is 26.7 Å². The first-order chi connectivity index (χ1) is 14.3. The Balaban J connectivity index is 2.15. The Morgan fingerprint density at radius 3 is 2.23 bits per heavy atom. The molecule has 0 spiro atoms. The lowest BCUT2D eigenvalue weighted by atomic mass is 10.1. The van der Waals surface area contributed by atoms with E-state index < -0.39 is 45.5 Å². The number of nitrogens with one attached hydrogen (secondary N) is 1. The van der Waals surface area contributed by atoms with Gasteiger partial charge in [0.05, 0.1) is 16.3 Å². The van der Waals surface area contributed by atoms with Crippen molar-refractivity contribution in [1.82, 2.24) is 5.32 Å². The molecule has 5 N–H and O–H groups in total. The molecule has 0 aliphatic carbocycles. The van der Waals surface area contributed by atoms with Gasteiger partial charge in [-0.05, 0) is 35.9 Å². The average molecular weight is 460 g/mol. The summed E-state index contributed by atoms with van der Waals surface area (Å²) in [6.45, 7) is 0. The summed E-state index contributed by atoms with van der Waals surface area (Å²) >= 11 is 0. The number of nitrogen functional groups attached to an aromatic ring is 1. The first kappa shape index (κ1) is 23.8. The van der Waals surface area contributed by atoms with Crippen LogP contribution in [0.15, 0.2) is 57.6 Å². The minimum atomic E-state index is -5.22. The Hall–Kier alpha value is -3.52. The van der Waals surface area contributed by atoms with Gasteiger partial charge >= 0.3 is 18.1 Å². The Morgan fingerprint density at radius 1 is 1.10 bits per heavy atom. The molecule has 2 rings (SSSR count). The fourth-order valence-corrected chi connectivity index (χ4v) is 2.76. The number of carbonyl (C=O) groups is 2. The number of benzene rings is 2. The topological polar surface area (TPSA) is 172 Å². The second-order valence-electron chi connectivity index (χ2n) is 6.13. The maximum atomic E-state index is 12.3. The van der Waals surface area contributed by atoms with Gasteiger partial charge in [0, 0.05) is 6.42 Å². The van der Waals surface area contributed by atoms with E-state index >= 15 is 0 Å². The van der Waals surface area contributed by atoms with E-state index in [1.54, 1.807) is 0 Å². The molecule has 1 atom stereocenters. The molecule has 31 heavy (non-hydrogen) atoms. The number of nitrogens with two attached hydrogens (primary N) is 1. The highest BCUT2D eigenvalue weighted by molar-refractivity contribution is 7.85. The van der Waals surface area contributed by atoms with Crippen LogP contribution in [0.4, 0.5) is 30.2 Å². The molecule has 0 heterocycles. The van der Waals surface area contributed by atoms with Gasteiger partial charge in [0.15, 0.2) is 0 Å². The molecule has 0 bridgehead atoms. The van der Waals surface area contributed by atoms with Crippen molar-refractivity contribution >= 4 is 39.1 Å². The van der Waals surface area contributed by atoms with E-state index in [-0.39, 0.29) is 17.1 Å². The lowest BCUT2D eigenvalue weighted by Crippen LogP contribution is -2.47. The predicted molar refractivity (Wildman–Crippen MR) is 101 cm³/mol. The van der Waals surface area contributed by atoms with E-state index in [1.807, 2.05) is 0 Å². The van der Waals surface area contributed by atoms with Crippen LogP contribution in [0.1, 0.15) is 5.56 Å². The van der Waals surface area contributed by atoms with Crippen LogP contribution in [0.3, 0.4) is 0 Å². The zero-order chi connectivity index (χ0) is 23.4. The van der Waals surface area contributed by atoms with Gasteiger partial charge in [0.1, 0.15) is 11.7 Å². The number of aliphatic carboxylic acids is 1. The molecular formula is C17H15F3N4O6S. The van der Waals surface area contributed by atoms with Crippen LogP contribution in [0.25, 0.3) is 0 Å². The van der Waals surface area contributed by atoms with Crippen LogP contribution in [0.5, 0.6) is 0 Å². The van der Waals surface area contributed by atoms with E-state index in [4.69, 9.17) is 15.4 Å². The summed E-state index contributed by atoms with van der Waals surface area (Å²) in [6.07, 6.45) is -5.63. The van der Waals surface area contributed by atoms with E-state index in [0.717, 1.165) is 12.1 Å². The summed E-state index contributed by atoms with van der Waals surface area (Å²) in [4.78, 5) is 21.7. The molecule has 14 heteroatoms. The van der Waals surface area contributed by atoms with Gasteiger partial charge < -0.3 is 16.2 Å². The van der Waals surface area contributed by atoms with Gasteiger partial charge in [0.2, 0.25) is 0 Å². The highest BCUT2D eigenvalue weighted by Crippen LogP contribution is 2.27. The summed E-state index contributed by atoms with van der Waals surface area (Å²) < 4.78 is 68.4. The number of halogens is 3. The first-order valence-electron chi connectivity index (χ1n) is 8.25. The van der Waals surface area contributed by atoms with E-state index in [0.29, 0.717) is 5.56 Å². The monoisotopic (exact) mass is 460 g/mol. The van der Waals surface area contributed by atoms with Crippen molar-refractivity contribution in [1.29, 1.82) is 0 Å². The second kappa shape index (κ2) is 9.09. The Labute approximate surface area is 173 Å². The highest BCUT2D eigenvalue weighted by Gasteiger charge is 2.40. The molecule has 0 fully saturated rings. The van der Waals surface area contributed by atoms with Crippen molar-refractivity contribution in [2.75, 3.05) is 5.73 Å². The third-order valence-electron chi connectivity index (χ3n) is 3.81. The van der Waals surface area contributed by atoms with Crippen LogP contribution < -0.4 is 11.1 Å². The molecule has 0 saturated carbocycles. The molecule has 0 unspecified atom stereocenters. The first-order valence-corrected chi connectivity index (χ1v) is 9.69. The SMILES string of the molecule is Nc1ccc(S(=O)(=O)O)cc1N=Nc1ccc(C[C@H](NC(=O)C(F)(F)F)C(=O)O)cc1. The van der Waals surface area contributed by atoms with Gasteiger partial charge in [-0.1, -0.05) is 12.1 Å². The van der Waals surface area contributed by atoms with Gasteiger partial charge in [-0.3, -0.25) is 9.35 Å². The quantitative estimate of drug-likeness (QED) is 0.279. The molecular weight excluding hydrogens is 445 g/mol. The van der Waals surface area contributed by atoms with Crippen molar-refractivity contribution in [2.24, 2.45) is 10.2 Å². The molecule has 0 aliphatic rings. The third-order valence-corrected chi connectivity index (χ3v) is 4.66. The van der Waals surface area contributed by atoms with E-state index in [9.17, 15) is 31.2 Å². The molecule has 0 radical (unpaired) electrons. The number of nitrogens with zero attached hydrogens (tertiary/aromatic N) is 2. The van der Waals surface area contributed by atoms with Gasteiger partial charge in [-0.15, -0.1) is 5.11 Å². The Bertz CT molecular complexity index is 1120. The maximum absolute atomic E-state index is 12.3. The standard InChI is InChI=1S/C17H15F3N4O6S/c18-17(19,20)16(27)22-14(15(25)26)7-9-1-3-10(4-2-9)23-24-13-8-11(31(28,29)30)5-6-12(13)21/h1-6,8,14H,7,21H2,(H,22,27)(H,25,26)(H,28,29,30)/t14-/m0/s1. The molecule has 2 aromatic rings. The number of hydrogen-bond donors (Lipinski definition) is 4. The lowest BCUT2D eigenvalue weighted by molar-refractivity contribution is -0.175. The van der Waals surface area contributed by atoms with Crippen LogP contribution in [-0.2, 0) is 26.1 Å². The van der Waals surface area contributed by atoms with E-state index in [1.165, 1.54) is 35.6 Å². The average Bonchev–Trinajstić information content (AvgIpc) is 2.66. The molecule has 0 aliphatic heterocycles. The molecule has 10 nitrogen and oxygen atoms in total. The number of anilines is 1. The number of alkyl halides is 3. The lowest BCUT2D eigenvalue weighted by Gasteiger charge is -2.15. The number of carboxylic acids is 1. The highest BCUT2D eigenvalue weighted by atomic mass is 32.2. The third kappa shape index (κ3) is 6.75. The molecule has 2 aromatic carbocycles. The van der Waals surface area contributed by atoms with Crippen LogP contribution in [-0.4, -0.2) is 42.2 Å². The van der Waals surface area contributed by atoms with Crippen molar-refractivity contribution in [3.63, 3.8) is 0 Å². The largest absolute Gasteiger partial charge is 0.480 e. The zero-order valence-corrected chi connectivity index (χ0v) is 16.2. The van der Waals surface area contributed by atoms with E-state index in [2.05, 4.69) is 10.2 Å². The zero-order valence-electron chi connectivity index (χ0n) is 15.4. The summed E-state index contributed by atoms with van der Waals surface area (Å²) in [5.74, 6) is -4.01. The van der Waals surface area contributed by atoms with Crippen LogP contribution in [0.2, 0.25) is 0 Å². The predicted octanol–water partition coefficient (Wildman–Crippen LogP) is 2.61. The second-order valence-corrected chi connectivity index (χ2v) is 7.55. The fourth-order valence-electron chi connectivity index (χ4n) is 2.26. The minimum Gasteiger partial charge on any atom is -0.480 e. The number of amides is 1. The molecule has 0 aromatic heterocycles. The van der Waals surface area contributed by atoms with Gasteiger partial charge in [-0.25, -0.2) is 4.79 Å². The number of hydrogen-bond acceptors (Lipinski definition) is 7. The van der Waals surface area contributed by atoms with Crippen LogP contribution >= 0.6 is 0 Å². The fraction of sp³-hybridized carbons (Fsp3) is 0.176. The van der Waals surface area contributed by atoms with Gasteiger partial charge in [0.25, 0.3) is 10.1 Å². The molecule has 166 valence electrons. The Morgan fingerprint density at radius 2 is 1.71 bits per heavy atom. The minimum absolute atomic E-state index is 0.0417. The van der Waals surface area contributed by atoms with Crippen molar-refractivity contribution in [2.45, 2.75) is 23.5 Å². The summed E-state index contributed by atoms with van der Waals surface area (Å²) in [7, 11) is -4.47. The summed E-state index contributed by atoms with van der Waals surface area (Å²) in [5.41, 5.74) is 6.23. The van der Waals surface area contributed by atoms with Crippen LogP contribution in [0, 0.1) is 0 Å². The summed E-state index contributed by atoms with van der Waals surface area (Å²) in [5, 5.41) is 18.0. The smallest absolute Gasteiger partial charge is 0.471 e. The normalized spacial score (nSPS) is 13.2. The Kier molecular flexibility index (Phi) is 6.97. The molecule has 0 saturated heterocycles. The molecule has 1 amide bonds. The summed E-state index contributed by atoms with van der Waals surface area (Å²) in [6, 6.07) is 6.95. The number of carbonyl (C=O) groups excluding carboxylic acids is 1. The maximum Gasteiger partial charge on any atom is 0.471 e. The van der Waals surface area contributed by atoms with Crippen molar-refractivity contribution in [3.8, 4) is 0 Å².